The number of hydrogen-bond acceptors (Lipinski definition) is 2. The summed E-state index contributed by atoms with van der Waals surface area (Å²) >= 11 is 0. The highest BCUT2D eigenvalue weighted by Crippen LogP contribution is 2.25. The van der Waals surface area contributed by atoms with Gasteiger partial charge in [-0.05, 0) is 24.5 Å². The van der Waals surface area contributed by atoms with Crippen molar-refractivity contribution in [1.82, 2.24) is 10.2 Å². The molecule has 0 amide bonds. The van der Waals surface area contributed by atoms with Crippen molar-refractivity contribution in [2.24, 2.45) is 4.99 Å². The van der Waals surface area contributed by atoms with Crippen LogP contribution in [0.4, 0.5) is 0 Å². The molecule has 1 aromatic carbocycles. The molecule has 0 radical (unpaired) electrons. The smallest absolute Gasteiger partial charge is 0.193 e. The van der Waals surface area contributed by atoms with Crippen LogP contribution in [0, 0.1) is 0 Å². The molecule has 0 aliphatic rings. The van der Waals surface area contributed by atoms with Crippen LogP contribution in [0.15, 0.2) is 41.9 Å². The Morgan fingerprint density at radius 3 is 2.74 bits per heavy atom. The van der Waals surface area contributed by atoms with Gasteiger partial charge < -0.3 is 15.0 Å². The molecule has 0 aromatic heterocycles. The molecule has 0 bridgehead atoms. The highest BCUT2D eigenvalue weighted by Gasteiger charge is 2.12. The van der Waals surface area contributed by atoms with Gasteiger partial charge in [-0.1, -0.05) is 31.2 Å². The minimum absolute atomic E-state index is 0. The van der Waals surface area contributed by atoms with E-state index >= 15 is 0 Å². The van der Waals surface area contributed by atoms with Crippen LogP contribution in [0.3, 0.4) is 0 Å². The highest BCUT2D eigenvalue weighted by molar-refractivity contribution is 14.0. The first-order valence-corrected chi connectivity index (χ1v) is 7.79. The number of guanidine groups is 1. The predicted molar refractivity (Wildman–Crippen MR) is 110 cm³/mol. The van der Waals surface area contributed by atoms with Crippen molar-refractivity contribution in [2.45, 2.75) is 25.7 Å². The summed E-state index contributed by atoms with van der Waals surface area (Å²) in [5.41, 5.74) is 1.21. The van der Waals surface area contributed by atoms with Gasteiger partial charge in [0, 0.05) is 33.1 Å². The van der Waals surface area contributed by atoms with E-state index in [4.69, 9.17) is 4.74 Å². The number of rotatable bonds is 8. The summed E-state index contributed by atoms with van der Waals surface area (Å²) in [6.07, 6.45) is 4.06. The number of nitrogens with zero attached hydrogens (tertiary/aromatic N) is 2. The fourth-order valence-corrected chi connectivity index (χ4v) is 2.39. The van der Waals surface area contributed by atoms with Crippen molar-refractivity contribution in [3.63, 3.8) is 0 Å². The van der Waals surface area contributed by atoms with Gasteiger partial charge in [0.15, 0.2) is 5.96 Å². The van der Waals surface area contributed by atoms with Crippen molar-refractivity contribution in [2.75, 3.05) is 34.3 Å². The Labute approximate surface area is 158 Å². The fraction of sp³-hybridized carbons (Fsp3) is 0.500. The zero-order valence-corrected chi connectivity index (χ0v) is 17.0. The first-order chi connectivity index (χ1) is 10.6. The van der Waals surface area contributed by atoms with E-state index in [0.717, 1.165) is 37.6 Å². The quantitative estimate of drug-likeness (QED) is 0.223. The van der Waals surface area contributed by atoms with Crippen molar-refractivity contribution in [1.29, 1.82) is 0 Å². The molecule has 1 N–H and O–H groups in total. The number of benzene rings is 1. The molecule has 23 heavy (non-hydrogen) atoms. The minimum Gasteiger partial charge on any atom is -0.496 e. The summed E-state index contributed by atoms with van der Waals surface area (Å²) in [5.74, 6) is 2.20. The molecule has 0 heterocycles. The van der Waals surface area contributed by atoms with E-state index in [-0.39, 0.29) is 24.0 Å². The molecule has 0 aliphatic carbocycles. The molecular formula is C18H30IN3O. The second kappa shape index (κ2) is 12.2. The topological polar surface area (TPSA) is 36.9 Å². The number of ether oxygens (including phenoxy) is 1. The van der Waals surface area contributed by atoms with Gasteiger partial charge in [0.05, 0.1) is 7.11 Å². The Hall–Kier alpha value is -1.24. The average Bonchev–Trinajstić information content (AvgIpc) is 2.55. The lowest BCUT2D eigenvalue weighted by Crippen LogP contribution is -2.40. The van der Waals surface area contributed by atoms with E-state index in [1.807, 2.05) is 31.3 Å². The first-order valence-electron chi connectivity index (χ1n) is 7.79. The van der Waals surface area contributed by atoms with Gasteiger partial charge in [0.1, 0.15) is 5.75 Å². The van der Waals surface area contributed by atoms with Gasteiger partial charge >= 0.3 is 0 Å². The second-order valence-electron chi connectivity index (χ2n) is 5.42. The Balaban J connectivity index is 0.00000484. The van der Waals surface area contributed by atoms with E-state index in [1.165, 1.54) is 5.56 Å². The molecule has 130 valence electrons. The van der Waals surface area contributed by atoms with E-state index in [2.05, 4.69) is 41.8 Å². The van der Waals surface area contributed by atoms with Crippen LogP contribution in [0.25, 0.3) is 0 Å². The monoisotopic (exact) mass is 431 g/mol. The highest BCUT2D eigenvalue weighted by atomic mass is 127. The number of hydrogen-bond donors (Lipinski definition) is 1. The lowest BCUT2D eigenvalue weighted by atomic mass is 10.0. The Morgan fingerprint density at radius 2 is 2.13 bits per heavy atom. The number of halogens is 1. The molecule has 0 aliphatic heterocycles. The third-order valence-electron chi connectivity index (χ3n) is 3.71. The maximum absolute atomic E-state index is 5.43. The number of unbranched alkanes of at least 4 members (excludes halogenated alkanes) is 1. The van der Waals surface area contributed by atoms with E-state index in [1.54, 1.807) is 7.11 Å². The fourth-order valence-electron chi connectivity index (χ4n) is 2.39. The molecule has 1 unspecified atom stereocenters. The van der Waals surface area contributed by atoms with Gasteiger partial charge in [-0.3, -0.25) is 4.99 Å². The standard InChI is InChI=1S/C18H29N3O.HI/c1-6-7-10-13-21(4)18(19-3)20-14-15(2)16-11-8-9-12-17(16)22-5;/h6,8-9,11-12,15H,1,7,10,13-14H2,2-5H3,(H,19,20);1H. The van der Waals surface area contributed by atoms with Gasteiger partial charge in [0.25, 0.3) is 0 Å². The molecule has 1 rings (SSSR count). The van der Waals surface area contributed by atoms with Crippen LogP contribution in [-0.4, -0.2) is 45.2 Å². The molecule has 0 saturated carbocycles. The molecule has 1 atom stereocenters. The van der Waals surface area contributed by atoms with E-state index in [0.29, 0.717) is 5.92 Å². The van der Waals surface area contributed by atoms with Crippen LogP contribution >= 0.6 is 24.0 Å². The van der Waals surface area contributed by atoms with E-state index < -0.39 is 0 Å². The summed E-state index contributed by atoms with van der Waals surface area (Å²) in [6, 6.07) is 8.16. The summed E-state index contributed by atoms with van der Waals surface area (Å²) in [5, 5.41) is 3.44. The third-order valence-corrected chi connectivity index (χ3v) is 3.71. The summed E-state index contributed by atoms with van der Waals surface area (Å²) in [7, 11) is 5.59. The summed E-state index contributed by atoms with van der Waals surface area (Å²) < 4.78 is 5.43. The Bertz CT molecular complexity index is 491. The molecule has 5 heteroatoms. The van der Waals surface area contributed by atoms with Crippen LogP contribution in [0.5, 0.6) is 5.75 Å². The lowest BCUT2D eigenvalue weighted by molar-refractivity contribution is 0.405. The molecule has 4 nitrogen and oxygen atoms in total. The van der Waals surface area contributed by atoms with Crippen molar-refractivity contribution in [3.8, 4) is 5.75 Å². The number of methoxy groups -OCH3 is 1. The largest absolute Gasteiger partial charge is 0.496 e. The number of para-hydroxylation sites is 1. The minimum atomic E-state index is 0. The van der Waals surface area contributed by atoms with Crippen molar-refractivity contribution < 1.29 is 4.74 Å². The first kappa shape index (κ1) is 21.8. The summed E-state index contributed by atoms with van der Waals surface area (Å²) in [4.78, 5) is 6.50. The van der Waals surface area contributed by atoms with Gasteiger partial charge in [-0.15, -0.1) is 30.6 Å². The maximum Gasteiger partial charge on any atom is 0.193 e. The average molecular weight is 431 g/mol. The van der Waals surface area contributed by atoms with Gasteiger partial charge in [-0.2, -0.15) is 0 Å². The van der Waals surface area contributed by atoms with Gasteiger partial charge in [0.2, 0.25) is 0 Å². The molecule has 0 saturated heterocycles. The molecule has 1 aromatic rings. The van der Waals surface area contributed by atoms with Crippen molar-refractivity contribution >= 4 is 29.9 Å². The third kappa shape index (κ3) is 7.24. The number of allylic oxidation sites excluding steroid dienone is 1. The lowest BCUT2D eigenvalue weighted by Gasteiger charge is -2.24. The zero-order valence-electron chi connectivity index (χ0n) is 14.7. The van der Waals surface area contributed by atoms with Crippen LogP contribution in [-0.2, 0) is 0 Å². The predicted octanol–water partition coefficient (Wildman–Crippen LogP) is 3.89. The normalized spacial score (nSPS) is 12.1. The molecular weight excluding hydrogens is 401 g/mol. The van der Waals surface area contributed by atoms with Crippen molar-refractivity contribution in [3.05, 3.63) is 42.5 Å². The van der Waals surface area contributed by atoms with E-state index in [9.17, 15) is 0 Å². The number of aliphatic imine (C=N–C) groups is 1. The molecule has 0 fully saturated rings. The Morgan fingerprint density at radius 1 is 1.43 bits per heavy atom. The van der Waals surface area contributed by atoms with Crippen LogP contribution < -0.4 is 10.1 Å². The molecule has 0 spiro atoms. The van der Waals surface area contributed by atoms with Crippen LogP contribution in [0.2, 0.25) is 0 Å². The Kier molecular flexibility index (Phi) is 11.6. The summed E-state index contributed by atoms with van der Waals surface area (Å²) in [6.45, 7) is 7.73. The zero-order chi connectivity index (χ0) is 16.4. The maximum atomic E-state index is 5.43. The second-order valence-corrected chi connectivity index (χ2v) is 5.42. The van der Waals surface area contributed by atoms with Crippen LogP contribution in [0.1, 0.15) is 31.2 Å². The SMILES string of the molecule is C=CCCCN(C)C(=NC)NCC(C)c1ccccc1OC.I. The number of nitrogens with one attached hydrogen (secondary N) is 1. The van der Waals surface area contributed by atoms with Gasteiger partial charge in [-0.25, -0.2) is 0 Å².